The molecule has 0 spiro atoms. The van der Waals surface area contributed by atoms with Gasteiger partial charge in [0.05, 0.1) is 0 Å². The number of methoxy groups -OCH3 is 1. The number of ether oxygens (including phenoxy) is 4. The molecule has 5 atom stereocenters. The zero-order valence-electron chi connectivity index (χ0n) is 22.8. The average Bonchev–Trinajstić information content (AvgIpc) is 3.32. The molecule has 202 valence electrons. The molecule has 1 fully saturated rings. The number of carbonyl (C=O) groups excluding carboxylic acids is 1. The normalized spacial score (nSPS) is 22.1. The summed E-state index contributed by atoms with van der Waals surface area (Å²) >= 11 is 0. The van der Waals surface area contributed by atoms with E-state index in [4.69, 9.17) is 18.9 Å². The van der Waals surface area contributed by atoms with Gasteiger partial charge in [-0.2, -0.15) is 0 Å². The second-order valence-corrected chi connectivity index (χ2v) is 10.9. The van der Waals surface area contributed by atoms with Crippen LogP contribution in [0.3, 0.4) is 0 Å². The third kappa shape index (κ3) is 7.81. The maximum atomic E-state index is 12.3. The van der Waals surface area contributed by atoms with Crippen molar-refractivity contribution in [1.29, 1.82) is 0 Å². The van der Waals surface area contributed by atoms with E-state index in [1.165, 1.54) is 36.8 Å². The SMILES string of the molecule is CCOC(CCC(C)CCC1CCC2Cc3c(cccc3OCC(=O)OCc3ccccc3)CC12)OC. The largest absolute Gasteiger partial charge is 0.482 e. The number of carbonyl (C=O) groups is 1. The summed E-state index contributed by atoms with van der Waals surface area (Å²) in [6, 6.07) is 16.1. The molecular weight excluding hydrogens is 464 g/mol. The first kappa shape index (κ1) is 27.7. The molecule has 0 amide bonds. The molecule has 0 heterocycles. The summed E-state index contributed by atoms with van der Waals surface area (Å²) in [5.74, 6) is 3.51. The summed E-state index contributed by atoms with van der Waals surface area (Å²) in [5.41, 5.74) is 3.68. The Kier molecular flexibility index (Phi) is 10.4. The number of hydrogen-bond donors (Lipinski definition) is 0. The van der Waals surface area contributed by atoms with Gasteiger partial charge in [-0.05, 0) is 98.3 Å². The van der Waals surface area contributed by atoms with E-state index in [1.54, 1.807) is 7.11 Å². The van der Waals surface area contributed by atoms with Crippen LogP contribution in [0, 0.1) is 23.7 Å². The zero-order chi connectivity index (χ0) is 26.0. The van der Waals surface area contributed by atoms with Gasteiger partial charge in [0.25, 0.3) is 0 Å². The van der Waals surface area contributed by atoms with Gasteiger partial charge in [0.1, 0.15) is 12.4 Å². The lowest BCUT2D eigenvalue weighted by Gasteiger charge is -2.32. The van der Waals surface area contributed by atoms with Gasteiger partial charge in [0, 0.05) is 13.7 Å². The van der Waals surface area contributed by atoms with Gasteiger partial charge in [0.15, 0.2) is 12.9 Å². The summed E-state index contributed by atoms with van der Waals surface area (Å²) in [7, 11) is 1.73. The molecule has 0 aromatic heterocycles. The lowest BCUT2D eigenvalue weighted by molar-refractivity contribution is -0.147. The van der Waals surface area contributed by atoms with Crippen LogP contribution >= 0.6 is 0 Å². The molecule has 5 nitrogen and oxygen atoms in total. The fourth-order valence-electron chi connectivity index (χ4n) is 6.31. The highest BCUT2D eigenvalue weighted by atomic mass is 16.7. The van der Waals surface area contributed by atoms with Crippen LogP contribution in [0.25, 0.3) is 0 Å². The van der Waals surface area contributed by atoms with Crippen molar-refractivity contribution in [3.8, 4) is 5.75 Å². The Bertz CT molecular complexity index is 974. The van der Waals surface area contributed by atoms with E-state index in [0.717, 1.165) is 54.7 Å². The van der Waals surface area contributed by atoms with Crippen molar-refractivity contribution in [1.82, 2.24) is 0 Å². The van der Waals surface area contributed by atoms with Crippen molar-refractivity contribution in [2.24, 2.45) is 23.7 Å². The molecule has 5 unspecified atom stereocenters. The number of esters is 1. The Morgan fingerprint density at radius 2 is 1.84 bits per heavy atom. The predicted molar refractivity (Wildman–Crippen MR) is 145 cm³/mol. The topological polar surface area (TPSA) is 54.0 Å². The molecule has 1 saturated carbocycles. The number of hydrogen-bond acceptors (Lipinski definition) is 5. The van der Waals surface area contributed by atoms with Crippen molar-refractivity contribution in [3.05, 3.63) is 65.2 Å². The lowest BCUT2D eigenvalue weighted by Crippen LogP contribution is -2.26. The Morgan fingerprint density at radius 3 is 2.62 bits per heavy atom. The Labute approximate surface area is 222 Å². The second kappa shape index (κ2) is 14.0. The fourth-order valence-corrected chi connectivity index (χ4v) is 6.31. The van der Waals surface area contributed by atoms with Gasteiger partial charge in [-0.3, -0.25) is 0 Å². The quantitative estimate of drug-likeness (QED) is 0.209. The molecule has 0 N–H and O–H groups in total. The molecule has 4 rings (SSSR count). The molecule has 37 heavy (non-hydrogen) atoms. The summed E-state index contributed by atoms with van der Waals surface area (Å²) in [5, 5.41) is 0. The highest BCUT2D eigenvalue weighted by Crippen LogP contribution is 2.48. The van der Waals surface area contributed by atoms with E-state index in [2.05, 4.69) is 19.1 Å². The third-order valence-electron chi connectivity index (χ3n) is 8.40. The highest BCUT2D eigenvalue weighted by molar-refractivity contribution is 5.71. The van der Waals surface area contributed by atoms with Gasteiger partial charge in [-0.1, -0.05) is 55.8 Å². The minimum atomic E-state index is -0.330. The minimum Gasteiger partial charge on any atom is -0.482 e. The standard InChI is InChI=1S/C32H44O5/c1-4-35-32(34-3)18-14-23(2)13-15-25-16-17-27-20-29-26(19-28(25)27)11-8-12-30(29)36-22-31(33)37-21-24-9-6-5-7-10-24/h5-12,23,25,27-28,32H,4,13-22H2,1-3H3. The average molecular weight is 509 g/mol. The number of rotatable bonds is 14. The maximum absolute atomic E-state index is 12.3. The van der Waals surface area contributed by atoms with Gasteiger partial charge in [-0.15, -0.1) is 0 Å². The first-order valence-corrected chi connectivity index (χ1v) is 14.1. The molecule has 0 aliphatic heterocycles. The summed E-state index contributed by atoms with van der Waals surface area (Å²) < 4.78 is 22.5. The minimum absolute atomic E-state index is 0.0505. The van der Waals surface area contributed by atoms with Crippen LogP contribution in [-0.2, 0) is 38.5 Å². The van der Waals surface area contributed by atoms with Gasteiger partial charge in [-0.25, -0.2) is 4.79 Å². The van der Waals surface area contributed by atoms with Crippen LogP contribution in [0.2, 0.25) is 0 Å². The number of benzene rings is 2. The van der Waals surface area contributed by atoms with E-state index >= 15 is 0 Å². The fraction of sp³-hybridized carbons (Fsp3) is 0.594. The Hall–Kier alpha value is -2.37. The van der Waals surface area contributed by atoms with Crippen molar-refractivity contribution in [2.75, 3.05) is 20.3 Å². The Balaban J connectivity index is 1.25. The van der Waals surface area contributed by atoms with Crippen molar-refractivity contribution < 1.29 is 23.7 Å². The third-order valence-corrected chi connectivity index (χ3v) is 8.40. The van der Waals surface area contributed by atoms with Crippen LogP contribution in [0.4, 0.5) is 0 Å². The van der Waals surface area contributed by atoms with Crippen LogP contribution in [0.15, 0.2) is 48.5 Å². The molecule has 2 aromatic rings. The van der Waals surface area contributed by atoms with Crippen LogP contribution in [0.1, 0.15) is 69.1 Å². The highest BCUT2D eigenvalue weighted by Gasteiger charge is 2.39. The molecule has 0 bridgehead atoms. The predicted octanol–water partition coefficient (Wildman–Crippen LogP) is 6.76. The zero-order valence-corrected chi connectivity index (χ0v) is 22.8. The van der Waals surface area contributed by atoms with E-state index in [1.807, 2.05) is 43.3 Å². The monoisotopic (exact) mass is 508 g/mol. The molecule has 2 aliphatic carbocycles. The van der Waals surface area contributed by atoms with Crippen LogP contribution in [-0.4, -0.2) is 32.6 Å². The maximum Gasteiger partial charge on any atom is 0.344 e. The lowest BCUT2D eigenvalue weighted by atomic mass is 9.73. The van der Waals surface area contributed by atoms with Crippen molar-refractivity contribution >= 4 is 5.97 Å². The van der Waals surface area contributed by atoms with E-state index in [9.17, 15) is 4.79 Å². The Morgan fingerprint density at radius 1 is 1.00 bits per heavy atom. The smallest absolute Gasteiger partial charge is 0.344 e. The van der Waals surface area contributed by atoms with Gasteiger partial charge in [0.2, 0.25) is 0 Å². The van der Waals surface area contributed by atoms with Crippen molar-refractivity contribution in [2.45, 2.75) is 78.1 Å². The molecule has 0 radical (unpaired) electrons. The van der Waals surface area contributed by atoms with E-state index in [0.29, 0.717) is 12.5 Å². The molecule has 5 heteroatoms. The first-order chi connectivity index (χ1) is 18.1. The molecule has 2 aromatic carbocycles. The van der Waals surface area contributed by atoms with E-state index < -0.39 is 0 Å². The van der Waals surface area contributed by atoms with Gasteiger partial charge < -0.3 is 18.9 Å². The summed E-state index contributed by atoms with van der Waals surface area (Å²) in [6.07, 6.45) is 9.46. The number of fused-ring (bicyclic) bond motifs is 2. The molecule has 0 saturated heterocycles. The van der Waals surface area contributed by atoms with E-state index in [-0.39, 0.29) is 25.5 Å². The van der Waals surface area contributed by atoms with Crippen molar-refractivity contribution in [3.63, 3.8) is 0 Å². The second-order valence-electron chi connectivity index (χ2n) is 10.9. The summed E-state index contributed by atoms with van der Waals surface area (Å²) in [6.45, 7) is 5.31. The van der Waals surface area contributed by atoms with Gasteiger partial charge >= 0.3 is 5.97 Å². The van der Waals surface area contributed by atoms with Crippen LogP contribution in [0.5, 0.6) is 5.75 Å². The molecular formula is C32H44O5. The summed E-state index contributed by atoms with van der Waals surface area (Å²) in [4.78, 5) is 12.3. The first-order valence-electron chi connectivity index (χ1n) is 14.1. The molecule has 2 aliphatic rings. The van der Waals surface area contributed by atoms with Crippen LogP contribution < -0.4 is 4.74 Å².